The molecule has 0 aliphatic carbocycles. The molecule has 9 heteroatoms. The van der Waals surface area contributed by atoms with E-state index in [4.69, 9.17) is 14.6 Å². The zero-order valence-electron chi connectivity index (χ0n) is 12.2. The molecule has 1 heterocycles. The van der Waals surface area contributed by atoms with Gasteiger partial charge in [-0.2, -0.15) is 0 Å². The summed E-state index contributed by atoms with van der Waals surface area (Å²) in [5.41, 5.74) is -1.23. The average Bonchev–Trinajstić information content (AvgIpc) is 2.51. The number of carbonyl (C=O) groups excluding carboxylic acids is 1. The summed E-state index contributed by atoms with van der Waals surface area (Å²) >= 11 is 0.806. The van der Waals surface area contributed by atoms with E-state index in [0.29, 0.717) is 16.2 Å². The zero-order valence-corrected chi connectivity index (χ0v) is 13.0. The maximum atomic E-state index is 12.4. The molecule has 0 atom stereocenters. The fourth-order valence-corrected chi connectivity index (χ4v) is 2.88. The minimum atomic E-state index is -1.26. The highest BCUT2D eigenvalue weighted by molar-refractivity contribution is 7.20. The first-order chi connectivity index (χ1) is 10.9. The molecule has 23 heavy (non-hydrogen) atoms. The number of carboxylic acids is 1. The number of ether oxygens (including phenoxy) is 2. The van der Waals surface area contributed by atoms with Gasteiger partial charge in [-0.15, -0.1) is 0 Å². The lowest BCUT2D eigenvalue weighted by Crippen LogP contribution is -2.32. The highest BCUT2D eigenvalue weighted by atomic mass is 32.1. The summed E-state index contributed by atoms with van der Waals surface area (Å²) in [7, 11) is 2.83. The first-order valence-electron chi connectivity index (χ1n) is 6.30. The molecule has 0 radical (unpaired) electrons. The molecule has 2 rings (SSSR count). The van der Waals surface area contributed by atoms with E-state index in [0.717, 1.165) is 11.3 Å². The molecule has 1 aromatic carbocycles. The van der Waals surface area contributed by atoms with Gasteiger partial charge >= 0.3 is 5.97 Å². The van der Waals surface area contributed by atoms with Crippen molar-refractivity contribution in [2.75, 3.05) is 20.8 Å². The van der Waals surface area contributed by atoms with Crippen LogP contribution in [-0.4, -0.2) is 42.9 Å². The maximum absolute atomic E-state index is 12.4. The van der Waals surface area contributed by atoms with Crippen LogP contribution in [0.1, 0.15) is 10.4 Å². The average molecular weight is 339 g/mol. The Balaban J connectivity index is 2.62. The number of rotatable bonds is 5. The molecule has 0 spiro atoms. The van der Waals surface area contributed by atoms with E-state index < -0.39 is 34.5 Å². The number of nitrogens with one attached hydrogen (secondary N) is 1. The van der Waals surface area contributed by atoms with Gasteiger partial charge in [-0.05, 0) is 6.07 Å². The zero-order chi connectivity index (χ0) is 17.1. The van der Waals surface area contributed by atoms with Crippen molar-refractivity contribution < 1.29 is 29.3 Å². The van der Waals surface area contributed by atoms with Crippen LogP contribution in [0, 0.1) is 0 Å². The predicted molar refractivity (Wildman–Crippen MR) is 82.8 cm³/mol. The minimum absolute atomic E-state index is 0.158. The highest BCUT2D eigenvalue weighted by Gasteiger charge is 2.21. The van der Waals surface area contributed by atoms with Gasteiger partial charge in [0.25, 0.3) is 5.91 Å². The SMILES string of the molecule is COc1cc2sc(O)c(C(=O)NCC(=O)O)c(=O)c2cc1OC. The van der Waals surface area contributed by atoms with Crippen molar-refractivity contribution in [3.05, 3.63) is 27.9 Å². The smallest absolute Gasteiger partial charge is 0.322 e. The van der Waals surface area contributed by atoms with Crippen LogP contribution in [0.3, 0.4) is 0 Å². The van der Waals surface area contributed by atoms with Crippen LogP contribution in [0.4, 0.5) is 0 Å². The Hall–Kier alpha value is -2.81. The lowest BCUT2D eigenvalue weighted by atomic mass is 10.1. The van der Waals surface area contributed by atoms with Crippen molar-refractivity contribution in [1.29, 1.82) is 0 Å². The van der Waals surface area contributed by atoms with E-state index in [-0.39, 0.29) is 5.39 Å². The van der Waals surface area contributed by atoms with E-state index in [1.807, 2.05) is 5.32 Å². The summed E-state index contributed by atoms with van der Waals surface area (Å²) in [6.07, 6.45) is 0. The Morgan fingerprint density at radius 3 is 2.39 bits per heavy atom. The Morgan fingerprint density at radius 2 is 1.83 bits per heavy atom. The second-order valence-electron chi connectivity index (χ2n) is 4.39. The predicted octanol–water partition coefficient (Wildman–Crippen LogP) is 0.799. The fraction of sp³-hybridized carbons (Fsp3) is 0.214. The first-order valence-corrected chi connectivity index (χ1v) is 7.12. The van der Waals surface area contributed by atoms with Crippen molar-refractivity contribution in [2.24, 2.45) is 0 Å². The van der Waals surface area contributed by atoms with Gasteiger partial charge in [0.05, 0.1) is 14.2 Å². The summed E-state index contributed by atoms with van der Waals surface area (Å²) in [5.74, 6) is -1.55. The largest absolute Gasteiger partial charge is 0.499 e. The maximum Gasteiger partial charge on any atom is 0.322 e. The third kappa shape index (κ3) is 3.19. The standard InChI is InChI=1S/C14H13NO7S/c1-21-7-3-6-9(4-8(7)22-2)23-14(20)11(12(6)18)13(19)15-5-10(16)17/h3-4,20H,5H2,1-2H3,(H,15,19)(H,16,17). The van der Waals surface area contributed by atoms with Crippen LogP contribution < -0.4 is 20.2 Å². The van der Waals surface area contributed by atoms with Crippen LogP contribution in [-0.2, 0) is 4.79 Å². The number of hydrogen-bond acceptors (Lipinski definition) is 7. The van der Waals surface area contributed by atoms with Crippen LogP contribution in [0.25, 0.3) is 10.1 Å². The summed E-state index contributed by atoms with van der Waals surface area (Å²) in [6, 6.07) is 2.92. The molecule has 0 aliphatic heterocycles. The molecule has 1 amide bonds. The number of methoxy groups -OCH3 is 2. The molecule has 0 bridgehead atoms. The molecule has 0 saturated heterocycles. The summed E-state index contributed by atoms with van der Waals surface area (Å²) in [4.78, 5) is 34.9. The number of amides is 1. The quantitative estimate of drug-likeness (QED) is 0.736. The third-order valence-electron chi connectivity index (χ3n) is 3.01. The third-order valence-corrected chi connectivity index (χ3v) is 3.96. The summed E-state index contributed by atoms with van der Waals surface area (Å²) < 4.78 is 10.6. The second-order valence-corrected chi connectivity index (χ2v) is 5.42. The number of hydrogen-bond donors (Lipinski definition) is 3. The molecular formula is C14H13NO7S. The van der Waals surface area contributed by atoms with Gasteiger partial charge in [-0.3, -0.25) is 14.4 Å². The molecule has 122 valence electrons. The number of fused-ring (bicyclic) bond motifs is 1. The van der Waals surface area contributed by atoms with E-state index in [1.54, 1.807) is 0 Å². The molecular weight excluding hydrogens is 326 g/mol. The fourth-order valence-electron chi connectivity index (χ4n) is 1.95. The summed E-state index contributed by atoms with van der Waals surface area (Å²) in [6.45, 7) is -0.660. The van der Waals surface area contributed by atoms with Gasteiger partial charge in [0.2, 0.25) is 5.43 Å². The van der Waals surface area contributed by atoms with E-state index in [9.17, 15) is 19.5 Å². The Bertz CT molecular complexity index is 843. The summed E-state index contributed by atoms with van der Waals surface area (Å²) in [5, 5.41) is 20.2. The van der Waals surface area contributed by atoms with E-state index >= 15 is 0 Å². The van der Waals surface area contributed by atoms with E-state index in [2.05, 4.69) is 0 Å². The van der Waals surface area contributed by atoms with Gasteiger partial charge < -0.3 is 25.0 Å². The number of aliphatic carboxylic acids is 1. The molecule has 2 aromatic rings. The van der Waals surface area contributed by atoms with Gasteiger partial charge in [-0.25, -0.2) is 0 Å². The number of carboxylic acid groups (broad SMARTS) is 1. The normalized spacial score (nSPS) is 10.3. The van der Waals surface area contributed by atoms with Crippen LogP contribution in [0.15, 0.2) is 16.9 Å². The van der Waals surface area contributed by atoms with Crippen molar-refractivity contribution in [1.82, 2.24) is 5.32 Å². The van der Waals surface area contributed by atoms with Crippen molar-refractivity contribution in [2.45, 2.75) is 0 Å². The molecule has 0 aliphatic rings. The van der Waals surface area contributed by atoms with Crippen LogP contribution >= 0.6 is 11.3 Å². The molecule has 0 saturated carbocycles. The van der Waals surface area contributed by atoms with Crippen molar-refractivity contribution in [3.8, 4) is 16.6 Å². The van der Waals surface area contributed by atoms with Crippen molar-refractivity contribution >= 4 is 33.3 Å². The van der Waals surface area contributed by atoms with Gasteiger partial charge in [0, 0.05) is 16.2 Å². The monoisotopic (exact) mass is 339 g/mol. The van der Waals surface area contributed by atoms with Crippen LogP contribution in [0.2, 0.25) is 0 Å². The topological polar surface area (TPSA) is 122 Å². The number of benzene rings is 1. The van der Waals surface area contributed by atoms with Gasteiger partial charge in [-0.1, -0.05) is 11.3 Å². The molecule has 8 nitrogen and oxygen atoms in total. The second kappa shape index (κ2) is 6.53. The van der Waals surface area contributed by atoms with E-state index in [1.165, 1.54) is 26.4 Å². The highest BCUT2D eigenvalue weighted by Crippen LogP contribution is 2.35. The molecule has 1 aromatic heterocycles. The Kier molecular flexibility index (Phi) is 4.70. The molecule has 3 N–H and O–H groups in total. The number of carbonyl (C=O) groups is 2. The molecule has 0 fully saturated rings. The lowest BCUT2D eigenvalue weighted by molar-refractivity contribution is -0.135. The Morgan fingerprint density at radius 1 is 1.22 bits per heavy atom. The Labute approximate surface area is 133 Å². The minimum Gasteiger partial charge on any atom is -0.499 e. The van der Waals surface area contributed by atoms with Gasteiger partial charge in [0.15, 0.2) is 16.6 Å². The molecule has 0 unspecified atom stereocenters. The van der Waals surface area contributed by atoms with Gasteiger partial charge in [0.1, 0.15) is 12.1 Å². The van der Waals surface area contributed by atoms with Crippen LogP contribution in [0.5, 0.6) is 16.6 Å². The number of aromatic hydroxyl groups is 1. The lowest BCUT2D eigenvalue weighted by Gasteiger charge is -2.10. The first kappa shape index (κ1) is 16.6. The van der Waals surface area contributed by atoms with Crippen molar-refractivity contribution in [3.63, 3.8) is 0 Å².